The van der Waals surface area contributed by atoms with E-state index in [1.165, 1.54) is 94.8 Å². The molecule has 0 amide bonds. The van der Waals surface area contributed by atoms with E-state index in [1.807, 2.05) is 0 Å². The van der Waals surface area contributed by atoms with Crippen LogP contribution in [0, 0.1) is 0 Å². The maximum Gasteiger partial charge on any atom is 0.0546 e. The lowest BCUT2D eigenvalue weighted by Gasteiger charge is -2.33. The van der Waals surface area contributed by atoms with Crippen LogP contribution in [-0.2, 0) is 10.8 Å². The van der Waals surface area contributed by atoms with Gasteiger partial charge in [-0.3, -0.25) is 0 Å². The molecule has 0 bridgehead atoms. The molecule has 11 rings (SSSR count). The second-order valence-corrected chi connectivity index (χ2v) is 18.1. The highest BCUT2D eigenvalue weighted by molar-refractivity contribution is 5.96. The van der Waals surface area contributed by atoms with Crippen LogP contribution in [-0.4, -0.2) is 0 Å². The van der Waals surface area contributed by atoms with Gasteiger partial charge in [-0.2, -0.15) is 0 Å². The second kappa shape index (κ2) is 14.4. The fraction of sp³-hybridized carbons (Fsp3) is 0.133. The molecule has 0 fully saturated rings. The highest BCUT2D eigenvalue weighted by atomic mass is 15.1. The lowest BCUT2D eigenvalue weighted by atomic mass is 9.80. The standard InChI is InChI=1S/C60H49N/c1-59(2)53-23-13-11-20-49(53)51-36-32-45(38-55(51)59)42-30-33-46(34-31-42)61(47-35-37-52-50-21-12-14-24-54(50)60(3,4)56(52)39-47)57-25-15-22-48(43-18-9-6-10-19-43)58(57)44-28-26-41(27-29-44)40-16-7-5-8-17-40/h5-30,32-39,42H,31H2,1-4H3. The van der Waals surface area contributed by atoms with Gasteiger partial charge in [0.05, 0.1) is 5.69 Å². The number of fused-ring (bicyclic) bond motifs is 6. The highest BCUT2D eigenvalue weighted by Crippen LogP contribution is 2.53. The van der Waals surface area contributed by atoms with E-state index in [2.05, 4.69) is 239 Å². The molecule has 0 aromatic heterocycles. The van der Waals surface area contributed by atoms with Gasteiger partial charge in [-0.25, -0.2) is 0 Å². The van der Waals surface area contributed by atoms with E-state index in [1.54, 1.807) is 0 Å². The molecule has 3 aliphatic carbocycles. The maximum atomic E-state index is 2.53. The third-order valence-electron chi connectivity index (χ3n) is 13.8. The topological polar surface area (TPSA) is 3.24 Å². The Hall–Kier alpha value is -6.96. The van der Waals surface area contributed by atoms with Crippen molar-refractivity contribution in [2.75, 3.05) is 4.90 Å². The molecule has 1 atom stereocenters. The summed E-state index contributed by atoms with van der Waals surface area (Å²) >= 11 is 0. The van der Waals surface area contributed by atoms with Gasteiger partial charge in [0.15, 0.2) is 0 Å². The van der Waals surface area contributed by atoms with Crippen LogP contribution in [0.2, 0.25) is 0 Å². The van der Waals surface area contributed by atoms with Crippen LogP contribution in [0.5, 0.6) is 0 Å². The van der Waals surface area contributed by atoms with E-state index in [9.17, 15) is 0 Å². The van der Waals surface area contributed by atoms with Crippen LogP contribution in [0.1, 0.15) is 67.9 Å². The number of benzene rings is 8. The minimum atomic E-state index is -0.127. The van der Waals surface area contributed by atoms with E-state index in [4.69, 9.17) is 0 Å². The fourth-order valence-corrected chi connectivity index (χ4v) is 10.6. The summed E-state index contributed by atoms with van der Waals surface area (Å²) < 4.78 is 0. The lowest BCUT2D eigenvalue weighted by Crippen LogP contribution is -2.20. The summed E-state index contributed by atoms with van der Waals surface area (Å²) in [5.74, 6) is 0.282. The molecular weight excluding hydrogens is 735 g/mol. The zero-order chi connectivity index (χ0) is 41.3. The van der Waals surface area contributed by atoms with E-state index >= 15 is 0 Å². The molecule has 3 aliphatic rings. The first-order valence-corrected chi connectivity index (χ1v) is 21.8. The SMILES string of the molecule is CC1(C)c2ccccc2-c2ccc(C3C=CC(N(c4ccc5c(c4)C(C)(C)c4ccccc4-5)c4cccc(-c5ccccc5)c4-c4ccc(-c5ccccc5)cc4)=CC3)cc21. The fourth-order valence-electron chi connectivity index (χ4n) is 10.6. The molecule has 0 heterocycles. The number of allylic oxidation sites excluding steroid dienone is 3. The van der Waals surface area contributed by atoms with E-state index in [-0.39, 0.29) is 16.7 Å². The first-order chi connectivity index (χ1) is 29.8. The summed E-state index contributed by atoms with van der Waals surface area (Å²) in [7, 11) is 0. The molecule has 0 aliphatic heterocycles. The third-order valence-corrected chi connectivity index (χ3v) is 13.8. The molecule has 294 valence electrons. The Morgan fingerprint density at radius 2 is 0.951 bits per heavy atom. The molecule has 1 unspecified atom stereocenters. The van der Waals surface area contributed by atoms with Gasteiger partial charge < -0.3 is 4.90 Å². The van der Waals surface area contributed by atoms with Crippen LogP contribution in [0.15, 0.2) is 212 Å². The zero-order valence-corrected chi connectivity index (χ0v) is 35.4. The van der Waals surface area contributed by atoms with Gasteiger partial charge in [0, 0.05) is 33.7 Å². The first kappa shape index (κ1) is 37.1. The Morgan fingerprint density at radius 1 is 0.426 bits per heavy atom. The Labute approximate surface area is 361 Å². The van der Waals surface area contributed by atoms with Gasteiger partial charge in [0.25, 0.3) is 0 Å². The molecule has 0 N–H and O–H groups in total. The molecule has 0 radical (unpaired) electrons. The maximum absolute atomic E-state index is 2.53. The summed E-state index contributed by atoms with van der Waals surface area (Å²) in [5, 5.41) is 0. The number of hydrogen-bond acceptors (Lipinski definition) is 1. The average molecular weight is 784 g/mol. The molecule has 1 heteroatoms. The van der Waals surface area contributed by atoms with E-state index in [0.29, 0.717) is 0 Å². The van der Waals surface area contributed by atoms with Gasteiger partial charge in [0.2, 0.25) is 0 Å². The molecule has 61 heavy (non-hydrogen) atoms. The quantitative estimate of drug-likeness (QED) is 0.156. The van der Waals surface area contributed by atoms with Crippen LogP contribution in [0.4, 0.5) is 11.4 Å². The van der Waals surface area contributed by atoms with Gasteiger partial charge in [-0.05, 0) is 109 Å². The number of hydrogen-bond donors (Lipinski definition) is 0. The average Bonchev–Trinajstić information content (AvgIpc) is 3.69. The molecule has 0 saturated carbocycles. The Balaban J connectivity index is 1.06. The number of anilines is 2. The predicted molar refractivity (Wildman–Crippen MR) is 257 cm³/mol. The number of rotatable bonds is 7. The molecule has 0 spiro atoms. The smallest absolute Gasteiger partial charge is 0.0546 e. The first-order valence-electron chi connectivity index (χ1n) is 21.8. The summed E-state index contributed by atoms with van der Waals surface area (Å²) in [6.07, 6.45) is 8.21. The van der Waals surface area contributed by atoms with Crippen molar-refractivity contribution in [2.24, 2.45) is 0 Å². The van der Waals surface area contributed by atoms with E-state index in [0.717, 1.165) is 12.1 Å². The van der Waals surface area contributed by atoms with Gasteiger partial charge in [0.1, 0.15) is 0 Å². The van der Waals surface area contributed by atoms with Crippen molar-refractivity contribution in [1.29, 1.82) is 0 Å². The highest BCUT2D eigenvalue weighted by Gasteiger charge is 2.37. The van der Waals surface area contributed by atoms with Gasteiger partial charge in [-0.15, -0.1) is 0 Å². The van der Waals surface area contributed by atoms with E-state index < -0.39 is 0 Å². The largest absolute Gasteiger partial charge is 0.310 e. The summed E-state index contributed by atoms with van der Waals surface area (Å²) in [6, 6.07) is 69.8. The van der Waals surface area contributed by atoms with Crippen LogP contribution >= 0.6 is 0 Å². The minimum Gasteiger partial charge on any atom is -0.310 e. The van der Waals surface area contributed by atoms with Crippen molar-refractivity contribution < 1.29 is 0 Å². The van der Waals surface area contributed by atoms with Crippen LogP contribution < -0.4 is 4.90 Å². The molecule has 1 nitrogen and oxygen atoms in total. The van der Waals surface area contributed by atoms with Gasteiger partial charge in [-0.1, -0.05) is 210 Å². The molecular formula is C60H49N. The monoisotopic (exact) mass is 783 g/mol. The van der Waals surface area contributed by atoms with Crippen molar-refractivity contribution in [3.63, 3.8) is 0 Å². The van der Waals surface area contributed by atoms with Crippen molar-refractivity contribution in [2.45, 2.75) is 50.9 Å². The van der Waals surface area contributed by atoms with Crippen molar-refractivity contribution in [3.05, 3.63) is 240 Å². The Morgan fingerprint density at radius 3 is 1.59 bits per heavy atom. The van der Waals surface area contributed by atoms with Crippen molar-refractivity contribution in [1.82, 2.24) is 0 Å². The zero-order valence-electron chi connectivity index (χ0n) is 35.4. The van der Waals surface area contributed by atoms with Gasteiger partial charge >= 0.3 is 0 Å². The van der Waals surface area contributed by atoms with Crippen LogP contribution in [0.25, 0.3) is 55.6 Å². The summed E-state index contributed by atoms with van der Waals surface area (Å²) in [6.45, 7) is 9.51. The third kappa shape index (κ3) is 6.06. The van der Waals surface area contributed by atoms with Crippen molar-refractivity contribution >= 4 is 11.4 Å². The lowest BCUT2D eigenvalue weighted by molar-refractivity contribution is 0.658. The predicted octanol–water partition coefficient (Wildman–Crippen LogP) is 16.1. The Bertz CT molecular complexity index is 3030. The van der Waals surface area contributed by atoms with Crippen molar-refractivity contribution in [3.8, 4) is 55.6 Å². The molecule has 8 aromatic carbocycles. The number of nitrogens with zero attached hydrogens (tertiary/aromatic N) is 1. The second-order valence-electron chi connectivity index (χ2n) is 18.1. The summed E-state index contributed by atoms with van der Waals surface area (Å²) in [4.78, 5) is 2.53. The Kier molecular flexibility index (Phi) is 8.72. The van der Waals surface area contributed by atoms with Crippen LogP contribution in [0.3, 0.4) is 0 Å². The molecule has 0 saturated heterocycles. The normalized spacial score (nSPS) is 16.3. The molecule has 8 aromatic rings. The minimum absolute atomic E-state index is 0.0292. The summed E-state index contributed by atoms with van der Waals surface area (Å²) in [5.41, 5.74) is 23.0.